The van der Waals surface area contributed by atoms with Gasteiger partial charge in [-0.3, -0.25) is 10.1 Å². The number of nitro benzene ring substituents is 1. The smallest absolute Gasteiger partial charge is 0.339 e. The molecule has 1 saturated carbocycles. The topological polar surface area (TPSA) is 89.7 Å². The highest BCUT2D eigenvalue weighted by atomic mass is 16.6. The van der Waals surface area contributed by atoms with Gasteiger partial charge in [-0.1, -0.05) is 13.3 Å². The molecule has 1 aliphatic carbocycles. The molecular formula is C14H17NO5. The molecule has 6 heteroatoms. The van der Waals surface area contributed by atoms with Crippen molar-refractivity contribution in [3.63, 3.8) is 0 Å². The van der Waals surface area contributed by atoms with Crippen molar-refractivity contribution in [1.82, 2.24) is 0 Å². The maximum absolute atomic E-state index is 11.2. The molecule has 20 heavy (non-hydrogen) atoms. The molecule has 1 N–H and O–H groups in total. The Labute approximate surface area is 116 Å². The van der Waals surface area contributed by atoms with E-state index in [0.717, 1.165) is 31.7 Å². The zero-order valence-corrected chi connectivity index (χ0v) is 11.2. The van der Waals surface area contributed by atoms with Gasteiger partial charge in [0.15, 0.2) is 0 Å². The molecule has 2 rings (SSSR count). The van der Waals surface area contributed by atoms with E-state index in [-0.39, 0.29) is 23.1 Å². The third kappa shape index (κ3) is 3.07. The van der Waals surface area contributed by atoms with Crippen molar-refractivity contribution in [2.45, 2.75) is 38.7 Å². The molecular weight excluding hydrogens is 262 g/mol. The van der Waals surface area contributed by atoms with Crippen molar-refractivity contribution in [1.29, 1.82) is 0 Å². The highest BCUT2D eigenvalue weighted by Crippen LogP contribution is 2.31. The summed E-state index contributed by atoms with van der Waals surface area (Å²) in [6.07, 6.45) is 4.14. The van der Waals surface area contributed by atoms with Gasteiger partial charge in [-0.05, 0) is 31.2 Å². The van der Waals surface area contributed by atoms with Crippen LogP contribution in [0.2, 0.25) is 0 Å². The normalized spacial score (nSPS) is 22.2. The van der Waals surface area contributed by atoms with E-state index in [2.05, 4.69) is 6.92 Å². The predicted octanol–water partition coefficient (Wildman–Crippen LogP) is 3.25. The molecule has 0 amide bonds. The number of benzene rings is 1. The van der Waals surface area contributed by atoms with Gasteiger partial charge in [-0.15, -0.1) is 0 Å². The van der Waals surface area contributed by atoms with E-state index in [4.69, 9.17) is 9.84 Å². The monoisotopic (exact) mass is 279 g/mol. The number of non-ortho nitro benzene ring substituents is 1. The second kappa shape index (κ2) is 5.90. The number of hydrogen-bond donors (Lipinski definition) is 1. The van der Waals surface area contributed by atoms with Crippen LogP contribution in [0.15, 0.2) is 18.2 Å². The van der Waals surface area contributed by atoms with E-state index in [9.17, 15) is 14.9 Å². The third-order valence-corrected chi connectivity index (χ3v) is 3.72. The van der Waals surface area contributed by atoms with E-state index in [0.29, 0.717) is 5.92 Å². The summed E-state index contributed by atoms with van der Waals surface area (Å²) in [5.41, 5.74) is -0.400. The molecule has 1 aromatic rings. The molecule has 0 radical (unpaired) electrons. The van der Waals surface area contributed by atoms with Gasteiger partial charge in [-0.2, -0.15) is 0 Å². The number of carboxylic acid groups (broad SMARTS) is 1. The second-order valence-corrected chi connectivity index (χ2v) is 5.16. The first-order valence-electron chi connectivity index (χ1n) is 6.67. The summed E-state index contributed by atoms with van der Waals surface area (Å²) >= 11 is 0. The first-order chi connectivity index (χ1) is 9.49. The van der Waals surface area contributed by atoms with Crippen LogP contribution in [0.25, 0.3) is 0 Å². The lowest BCUT2D eigenvalue weighted by Gasteiger charge is -2.29. The lowest BCUT2D eigenvalue weighted by molar-refractivity contribution is -0.384. The van der Waals surface area contributed by atoms with Gasteiger partial charge in [0.1, 0.15) is 17.4 Å². The van der Waals surface area contributed by atoms with Gasteiger partial charge in [0.2, 0.25) is 0 Å². The molecule has 1 aromatic carbocycles. The first kappa shape index (κ1) is 14.3. The summed E-state index contributed by atoms with van der Waals surface area (Å²) in [7, 11) is 0. The Balaban J connectivity index is 2.26. The minimum absolute atomic E-state index is 0.0247. The highest BCUT2D eigenvalue weighted by Gasteiger charge is 2.25. The Bertz CT molecular complexity index is 528. The average Bonchev–Trinajstić information content (AvgIpc) is 2.41. The van der Waals surface area contributed by atoms with Crippen LogP contribution < -0.4 is 4.74 Å². The number of ether oxygens (including phenoxy) is 1. The second-order valence-electron chi connectivity index (χ2n) is 5.16. The van der Waals surface area contributed by atoms with E-state index in [1.165, 1.54) is 12.1 Å². The zero-order chi connectivity index (χ0) is 14.7. The Hall–Kier alpha value is -2.11. The number of rotatable bonds is 4. The third-order valence-electron chi connectivity index (χ3n) is 3.72. The summed E-state index contributed by atoms with van der Waals surface area (Å²) in [5.74, 6) is -0.644. The van der Waals surface area contributed by atoms with Crippen LogP contribution in [0.3, 0.4) is 0 Å². The van der Waals surface area contributed by atoms with Crippen molar-refractivity contribution >= 4 is 11.7 Å². The van der Waals surface area contributed by atoms with Gasteiger partial charge in [-0.25, -0.2) is 4.79 Å². The molecule has 2 atom stereocenters. The van der Waals surface area contributed by atoms with Crippen molar-refractivity contribution in [2.75, 3.05) is 0 Å². The lowest BCUT2D eigenvalue weighted by atomic mass is 9.88. The van der Waals surface area contributed by atoms with Crippen LogP contribution in [0.4, 0.5) is 5.69 Å². The molecule has 0 heterocycles. The molecule has 0 bridgehead atoms. The van der Waals surface area contributed by atoms with Gasteiger partial charge >= 0.3 is 5.97 Å². The maximum Gasteiger partial charge on any atom is 0.339 e. The number of aromatic carboxylic acids is 1. The average molecular weight is 279 g/mol. The summed E-state index contributed by atoms with van der Waals surface area (Å²) in [4.78, 5) is 21.3. The molecule has 0 spiro atoms. The van der Waals surface area contributed by atoms with Gasteiger partial charge in [0.25, 0.3) is 5.69 Å². The van der Waals surface area contributed by atoms with Crippen LogP contribution in [0, 0.1) is 16.0 Å². The fourth-order valence-electron chi connectivity index (χ4n) is 2.52. The maximum atomic E-state index is 11.2. The number of hydrogen-bond acceptors (Lipinski definition) is 4. The Morgan fingerprint density at radius 2 is 2.10 bits per heavy atom. The minimum atomic E-state index is -1.22. The Morgan fingerprint density at radius 1 is 1.40 bits per heavy atom. The summed E-state index contributed by atoms with van der Waals surface area (Å²) in [6.45, 7) is 2.08. The van der Waals surface area contributed by atoms with Crippen molar-refractivity contribution < 1.29 is 19.6 Å². The van der Waals surface area contributed by atoms with Gasteiger partial charge in [0, 0.05) is 12.1 Å². The van der Waals surface area contributed by atoms with Crippen molar-refractivity contribution in [3.8, 4) is 5.75 Å². The summed E-state index contributed by atoms with van der Waals surface area (Å²) in [6, 6.07) is 3.70. The molecule has 108 valence electrons. The standard InChI is InChI=1S/C14H17NO5/c1-9-4-2-3-5-12(9)20-13-7-6-10(15(18)19)8-11(13)14(16)17/h6-9,12H,2-5H2,1H3,(H,16,17). The predicted molar refractivity (Wildman–Crippen MR) is 72.1 cm³/mol. The number of carboxylic acids is 1. The fourth-order valence-corrected chi connectivity index (χ4v) is 2.52. The van der Waals surface area contributed by atoms with Crippen molar-refractivity contribution in [3.05, 3.63) is 33.9 Å². The molecule has 1 fully saturated rings. The number of carbonyl (C=O) groups is 1. The molecule has 0 aliphatic heterocycles. The molecule has 0 saturated heterocycles. The number of nitrogens with zero attached hydrogens (tertiary/aromatic N) is 1. The SMILES string of the molecule is CC1CCCCC1Oc1ccc([N+](=O)[O-])cc1C(=O)O. The Kier molecular flexibility index (Phi) is 4.22. The summed E-state index contributed by atoms with van der Waals surface area (Å²) < 4.78 is 5.79. The molecule has 2 unspecified atom stereocenters. The van der Waals surface area contributed by atoms with E-state index in [1.54, 1.807) is 0 Å². The Morgan fingerprint density at radius 3 is 2.70 bits per heavy atom. The van der Waals surface area contributed by atoms with Crippen LogP contribution in [0.1, 0.15) is 43.0 Å². The van der Waals surface area contributed by atoms with Crippen LogP contribution in [0.5, 0.6) is 5.75 Å². The first-order valence-corrected chi connectivity index (χ1v) is 6.67. The lowest BCUT2D eigenvalue weighted by Crippen LogP contribution is -2.28. The van der Waals surface area contributed by atoms with Crippen LogP contribution in [-0.4, -0.2) is 22.1 Å². The molecule has 0 aromatic heterocycles. The summed E-state index contributed by atoms with van der Waals surface area (Å²) in [5, 5.41) is 19.9. The highest BCUT2D eigenvalue weighted by molar-refractivity contribution is 5.91. The fraction of sp³-hybridized carbons (Fsp3) is 0.500. The molecule has 1 aliphatic rings. The van der Waals surface area contributed by atoms with Gasteiger partial charge in [0.05, 0.1) is 4.92 Å². The van der Waals surface area contributed by atoms with E-state index in [1.807, 2.05) is 0 Å². The molecule has 6 nitrogen and oxygen atoms in total. The van der Waals surface area contributed by atoms with E-state index < -0.39 is 10.9 Å². The van der Waals surface area contributed by atoms with Crippen molar-refractivity contribution in [2.24, 2.45) is 5.92 Å². The van der Waals surface area contributed by atoms with E-state index >= 15 is 0 Å². The zero-order valence-electron chi connectivity index (χ0n) is 11.2. The number of nitro groups is 1. The minimum Gasteiger partial charge on any atom is -0.489 e. The largest absolute Gasteiger partial charge is 0.489 e. The van der Waals surface area contributed by atoms with Gasteiger partial charge < -0.3 is 9.84 Å². The van der Waals surface area contributed by atoms with Crippen LogP contribution >= 0.6 is 0 Å². The van der Waals surface area contributed by atoms with Crippen LogP contribution in [-0.2, 0) is 0 Å². The quantitative estimate of drug-likeness (QED) is 0.675.